The molecule has 1 saturated heterocycles. The average molecular weight is 461 g/mol. The molecule has 2 aromatic carbocycles. The Morgan fingerprint density at radius 1 is 1.23 bits per heavy atom. The number of hydrogen-bond donors (Lipinski definition) is 1. The molecule has 9 heteroatoms. The fourth-order valence-electron chi connectivity index (χ4n) is 3.75. The highest BCUT2D eigenvalue weighted by Gasteiger charge is 2.24. The number of likely N-dealkylation sites (tertiary alicyclic amines) is 1. The Bertz CT molecular complexity index is 1130. The van der Waals surface area contributed by atoms with Crippen LogP contribution in [-0.2, 0) is 16.6 Å². The number of hydrogen-bond acceptors (Lipinski definition) is 6. The molecule has 3 aromatic rings. The van der Waals surface area contributed by atoms with Gasteiger partial charge in [-0.3, -0.25) is 4.90 Å². The van der Waals surface area contributed by atoms with Gasteiger partial charge in [0.25, 0.3) is 0 Å². The standard InChI is InChI=1S/C22H25ClN4O3S/c1-16-7-9-20(10-8-16)31(28,29)24-13-17-4-3-11-27(14-17)15-21-25-22(26-30-21)18-5-2-6-19(23)12-18/h2,5-10,12,17,24H,3-4,11,13-15H2,1H3. The van der Waals surface area contributed by atoms with E-state index in [-0.39, 0.29) is 5.92 Å². The second-order valence-electron chi connectivity index (χ2n) is 7.93. The predicted molar refractivity (Wildman–Crippen MR) is 119 cm³/mol. The van der Waals surface area contributed by atoms with Crippen LogP contribution in [0.4, 0.5) is 0 Å². The highest BCUT2D eigenvalue weighted by Crippen LogP contribution is 2.22. The van der Waals surface area contributed by atoms with Gasteiger partial charge in [0, 0.05) is 23.7 Å². The molecule has 0 bridgehead atoms. The van der Waals surface area contributed by atoms with Crippen molar-refractivity contribution in [2.75, 3.05) is 19.6 Å². The lowest BCUT2D eigenvalue weighted by Gasteiger charge is -2.31. The fourth-order valence-corrected chi connectivity index (χ4v) is 5.05. The molecule has 1 atom stereocenters. The molecule has 1 N–H and O–H groups in total. The van der Waals surface area contributed by atoms with Crippen LogP contribution in [0.1, 0.15) is 24.3 Å². The minimum absolute atomic E-state index is 0.226. The van der Waals surface area contributed by atoms with Crippen molar-refractivity contribution in [1.29, 1.82) is 0 Å². The molecule has 164 valence electrons. The van der Waals surface area contributed by atoms with Crippen molar-refractivity contribution < 1.29 is 12.9 Å². The first-order valence-electron chi connectivity index (χ1n) is 10.3. The summed E-state index contributed by atoms with van der Waals surface area (Å²) in [5, 5.41) is 4.68. The van der Waals surface area contributed by atoms with Crippen LogP contribution < -0.4 is 4.72 Å². The van der Waals surface area contributed by atoms with Crippen LogP contribution in [0, 0.1) is 12.8 Å². The smallest absolute Gasteiger partial charge is 0.241 e. The zero-order valence-electron chi connectivity index (χ0n) is 17.3. The number of halogens is 1. The summed E-state index contributed by atoms with van der Waals surface area (Å²) in [6.45, 7) is 4.56. The molecule has 0 radical (unpaired) electrons. The summed E-state index contributed by atoms with van der Waals surface area (Å²) in [4.78, 5) is 7.01. The highest BCUT2D eigenvalue weighted by molar-refractivity contribution is 7.89. The highest BCUT2D eigenvalue weighted by atomic mass is 35.5. The Kier molecular flexibility index (Phi) is 6.71. The number of piperidine rings is 1. The summed E-state index contributed by atoms with van der Waals surface area (Å²) < 4.78 is 33.3. The topological polar surface area (TPSA) is 88.3 Å². The van der Waals surface area contributed by atoms with Gasteiger partial charge in [0.15, 0.2) is 0 Å². The van der Waals surface area contributed by atoms with Gasteiger partial charge in [0.2, 0.25) is 21.7 Å². The van der Waals surface area contributed by atoms with E-state index in [0.29, 0.717) is 34.7 Å². The number of sulfonamides is 1. The van der Waals surface area contributed by atoms with Gasteiger partial charge < -0.3 is 4.52 Å². The van der Waals surface area contributed by atoms with E-state index in [1.807, 2.05) is 19.1 Å². The van der Waals surface area contributed by atoms with E-state index >= 15 is 0 Å². The Balaban J connectivity index is 1.33. The molecule has 2 heterocycles. The first-order valence-corrected chi connectivity index (χ1v) is 12.1. The predicted octanol–water partition coefficient (Wildman–Crippen LogP) is 3.89. The molecule has 1 aromatic heterocycles. The van der Waals surface area contributed by atoms with Gasteiger partial charge in [-0.05, 0) is 56.5 Å². The van der Waals surface area contributed by atoms with Crippen molar-refractivity contribution in [3.8, 4) is 11.4 Å². The number of aromatic nitrogens is 2. The molecule has 0 amide bonds. The number of benzene rings is 2. The largest absolute Gasteiger partial charge is 0.338 e. The third-order valence-electron chi connectivity index (χ3n) is 5.41. The van der Waals surface area contributed by atoms with Gasteiger partial charge in [-0.25, -0.2) is 13.1 Å². The number of nitrogens with zero attached hydrogens (tertiary/aromatic N) is 3. The lowest BCUT2D eigenvalue weighted by molar-refractivity contribution is 0.151. The van der Waals surface area contributed by atoms with Crippen molar-refractivity contribution in [3.63, 3.8) is 0 Å². The van der Waals surface area contributed by atoms with Crippen LogP contribution >= 0.6 is 11.6 Å². The molecule has 1 aliphatic heterocycles. The van der Waals surface area contributed by atoms with E-state index in [0.717, 1.165) is 37.1 Å². The first-order chi connectivity index (χ1) is 14.9. The van der Waals surface area contributed by atoms with Crippen LogP contribution in [-0.4, -0.2) is 43.1 Å². The monoisotopic (exact) mass is 460 g/mol. The third kappa shape index (κ3) is 5.71. The van der Waals surface area contributed by atoms with E-state index in [9.17, 15) is 8.42 Å². The number of rotatable bonds is 7. The summed E-state index contributed by atoms with van der Waals surface area (Å²) in [5.41, 5.74) is 1.84. The normalized spacial score (nSPS) is 17.7. The lowest BCUT2D eigenvalue weighted by atomic mass is 9.98. The molecule has 7 nitrogen and oxygen atoms in total. The maximum Gasteiger partial charge on any atom is 0.241 e. The minimum atomic E-state index is -3.50. The number of nitrogens with one attached hydrogen (secondary N) is 1. The Labute approximate surface area is 187 Å². The van der Waals surface area contributed by atoms with E-state index < -0.39 is 10.0 Å². The molecule has 31 heavy (non-hydrogen) atoms. The molecule has 4 rings (SSSR count). The van der Waals surface area contributed by atoms with Crippen molar-refractivity contribution in [2.45, 2.75) is 31.2 Å². The summed E-state index contributed by atoms with van der Waals surface area (Å²) in [6.07, 6.45) is 1.97. The molecule has 0 aliphatic carbocycles. The van der Waals surface area contributed by atoms with Crippen molar-refractivity contribution in [1.82, 2.24) is 19.8 Å². The van der Waals surface area contributed by atoms with Gasteiger partial charge in [-0.15, -0.1) is 0 Å². The third-order valence-corrected chi connectivity index (χ3v) is 7.08. The van der Waals surface area contributed by atoms with E-state index in [2.05, 4.69) is 19.8 Å². The van der Waals surface area contributed by atoms with Crippen LogP contribution in [0.5, 0.6) is 0 Å². The maximum absolute atomic E-state index is 12.6. The zero-order chi connectivity index (χ0) is 21.8. The molecular formula is C22H25ClN4O3S. The molecule has 1 aliphatic rings. The van der Waals surface area contributed by atoms with E-state index in [1.54, 1.807) is 36.4 Å². The van der Waals surface area contributed by atoms with Crippen LogP contribution in [0.15, 0.2) is 57.9 Å². The Morgan fingerprint density at radius 3 is 2.81 bits per heavy atom. The van der Waals surface area contributed by atoms with Gasteiger partial charge in [0.1, 0.15) is 0 Å². The average Bonchev–Trinajstić information content (AvgIpc) is 3.21. The van der Waals surface area contributed by atoms with Crippen LogP contribution in [0.3, 0.4) is 0 Å². The second-order valence-corrected chi connectivity index (χ2v) is 10.1. The Morgan fingerprint density at radius 2 is 2.03 bits per heavy atom. The summed E-state index contributed by atoms with van der Waals surface area (Å²) in [5.74, 6) is 1.28. The van der Waals surface area contributed by atoms with Crippen LogP contribution in [0.25, 0.3) is 11.4 Å². The first kappa shape index (κ1) is 22.0. The Hall–Kier alpha value is -2.26. The van der Waals surface area contributed by atoms with Crippen molar-refractivity contribution in [2.24, 2.45) is 5.92 Å². The maximum atomic E-state index is 12.6. The van der Waals surface area contributed by atoms with Gasteiger partial charge >= 0.3 is 0 Å². The van der Waals surface area contributed by atoms with Gasteiger partial charge in [-0.2, -0.15) is 4.98 Å². The molecule has 0 spiro atoms. The van der Waals surface area contributed by atoms with E-state index in [4.69, 9.17) is 16.1 Å². The minimum Gasteiger partial charge on any atom is -0.338 e. The quantitative estimate of drug-likeness (QED) is 0.575. The lowest BCUT2D eigenvalue weighted by Crippen LogP contribution is -2.40. The summed E-state index contributed by atoms with van der Waals surface area (Å²) >= 11 is 6.04. The van der Waals surface area contributed by atoms with E-state index in [1.165, 1.54) is 0 Å². The number of aryl methyl sites for hydroxylation is 1. The molecule has 0 saturated carbocycles. The summed E-state index contributed by atoms with van der Waals surface area (Å²) in [6, 6.07) is 14.2. The summed E-state index contributed by atoms with van der Waals surface area (Å²) in [7, 11) is -3.50. The molecular weight excluding hydrogens is 436 g/mol. The fraction of sp³-hybridized carbons (Fsp3) is 0.364. The van der Waals surface area contributed by atoms with Crippen molar-refractivity contribution >= 4 is 21.6 Å². The molecule has 1 unspecified atom stereocenters. The van der Waals surface area contributed by atoms with Crippen LogP contribution in [0.2, 0.25) is 5.02 Å². The second kappa shape index (κ2) is 9.48. The molecule has 1 fully saturated rings. The van der Waals surface area contributed by atoms with Gasteiger partial charge in [-0.1, -0.05) is 46.6 Å². The van der Waals surface area contributed by atoms with Crippen molar-refractivity contribution in [3.05, 3.63) is 65.0 Å². The van der Waals surface area contributed by atoms with Gasteiger partial charge in [0.05, 0.1) is 11.4 Å². The SMILES string of the molecule is Cc1ccc(S(=O)(=O)NCC2CCCN(Cc3nc(-c4cccc(Cl)c4)no3)C2)cc1. The zero-order valence-corrected chi connectivity index (χ0v) is 18.9.